The van der Waals surface area contributed by atoms with E-state index in [1.165, 1.54) is 5.56 Å². The van der Waals surface area contributed by atoms with Gasteiger partial charge in [0.15, 0.2) is 0 Å². The van der Waals surface area contributed by atoms with E-state index in [1.54, 1.807) is 0 Å². The quantitative estimate of drug-likeness (QED) is 0.884. The Labute approximate surface area is 116 Å². The van der Waals surface area contributed by atoms with Gasteiger partial charge in [0, 0.05) is 0 Å². The monoisotopic (exact) mass is 260 g/mol. The van der Waals surface area contributed by atoms with Crippen LogP contribution in [0, 0.1) is 18.3 Å². The molecule has 0 spiro atoms. The number of likely N-dealkylation sites (N-methyl/N-ethyl adjacent to an activating group) is 1. The van der Waals surface area contributed by atoms with Crippen LogP contribution in [0.25, 0.3) is 0 Å². The zero-order chi connectivity index (χ0) is 14.5. The van der Waals surface area contributed by atoms with Crippen molar-refractivity contribution in [3.05, 3.63) is 29.3 Å². The van der Waals surface area contributed by atoms with E-state index in [0.717, 1.165) is 17.9 Å². The molecule has 1 unspecified atom stereocenters. The minimum Gasteiger partial charge on any atom is -0.491 e. The molecule has 0 saturated heterocycles. The van der Waals surface area contributed by atoms with E-state index < -0.39 is 0 Å². The van der Waals surface area contributed by atoms with Gasteiger partial charge in [-0.25, -0.2) is 0 Å². The molecule has 1 atom stereocenters. The second kappa shape index (κ2) is 6.58. The topological polar surface area (TPSA) is 45.0 Å². The molecule has 0 bridgehead atoms. The molecule has 104 valence electrons. The molecule has 0 saturated carbocycles. The lowest BCUT2D eigenvalue weighted by molar-refractivity contribution is 0.289. The molecule has 0 amide bonds. The molecule has 0 radical (unpaired) electrons. The summed E-state index contributed by atoms with van der Waals surface area (Å²) in [5.41, 5.74) is 2.55. The molecule has 3 heteroatoms. The van der Waals surface area contributed by atoms with Crippen molar-refractivity contribution >= 4 is 0 Å². The maximum atomic E-state index is 8.96. The Morgan fingerprint density at radius 3 is 2.53 bits per heavy atom. The smallest absolute Gasteiger partial charge is 0.130 e. The van der Waals surface area contributed by atoms with Crippen molar-refractivity contribution in [1.82, 2.24) is 5.32 Å². The minimum absolute atomic E-state index is 0.141. The van der Waals surface area contributed by atoms with Gasteiger partial charge in [-0.05, 0) is 36.1 Å². The largest absolute Gasteiger partial charge is 0.491 e. The zero-order valence-electron chi connectivity index (χ0n) is 12.6. The zero-order valence-corrected chi connectivity index (χ0v) is 12.6. The van der Waals surface area contributed by atoms with Crippen molar-refractivity contribution in [1.29, 1.82) is 5.26 Å². The second-order valence-electron chi connectivity index (χ2n) is 5.78. The molecule has 1 aromatic carbocycles. The highest BCUT2D eigenvalue weighted by Crippen LogP contribution is 2.27. The maximum absolute atomic E-state index is 8.96. The van der Waals surface area contributed by atoms with E-state index in [9.17, 15) is 0 Å². The third kappa shape index (κ3) is 4.57. The number of benzene rings is 1. The number of nitrogens with one attached hydrogen (secondary N) is 1. The van der Waals surface area contributed by atoms with Crippen molar-refractivity contribution in [2.75, 3.05) is 13.2 Å². The second-order valence-corrected chi connectivity index (χ2v) is 5.78. The van der Waals surface area contributed by atoms with Crippen molar-refractivity contribution in [2.45, 2.75) is 46.1 Å². The molecular formula is C16H24N2O. The Morgan fingerprint density at radius 2 is 2.05 bits per heavy atom. The lowest BCUT2D eigenvalue weighted by Gasteiger charge is -2.21. The Balaban J connectivity index is 2.73. The van der Waals surface area contributed by atoms with Gasteiger partial charge in [-0.15, -0.1) is 0 Å². The normalized spacial score (nSPS) is 12.8. The Bertz CT molecular complexity index is 455. The number of rotatable bonds is 5. The molecule has 0 aliphatic heterocycles. The van der Waals surface area contributed by atoms with Crippen LogP contribution in [0.1, 0.15) is 38.8 Å². The van der Waals surface area contributed by atoms with E-state index in [-0.39, 0.29) is 11.5 Å². The van der Waals surface area contributed by atoms with Crippen LogP contribution in [0.4, 0.5) is 0 Å². The highest BCUT2D eigenvalue weighted by molar-refractivity contribution is 5.38. The number of aryl methyl sites for hydroxylation is 1. The van der Waals surface area contributed by atoms with E-state index in [1.807, 2.05) is 19.9 Å². The number of ether oxygens (including phenoxy) is 1. The van der Waals surface area contributed by atoms with Gasteiger partial charge in [0.25, 0.3) is 0 Å². The third-order valence-electron chi connectivity index (χ3n) is 3.05. The Kier molecular flexibility index (Phi) is 5.38. The summed E-state index contributed by atoms with van der Waals surface area (Å²) >= 11 is 0. The molecule has 1 rings (SSSR count). The molecular weight excluding hydrogens is 236 g/mol. The van der Waals surface area contributed by atoms with Crippen LogP contribution in [-0.4, -0.2) is 19.2 Å². The molecule has 1 N–H and O–H groups in total. The Morgan fingerprint density at radius 1 is 1.37 bits per heavy atom. The third-order valence-corrected chi connectivity index (χ3v) is 3.05. The van der Waals surface area contributed by atoms with E-state index in [0.29, 0.717) is 6.61 Å². The first-order valence-electron chi connectivity index (χ1n) is 6.75. The fourth-order valence-electron chi connectivity index (χ4n) is 1.84. The fourth-order valence-corrected chi connectivity index (χ4v) is 1.84. The lowest BCUT2D eigenvalue weighted by atomic mass is 9.86. The van der Waals surface area contributed by atoms with Gasteiger partial charge < -0.3 is 4.74 Å². The molecule has 1 aromatic rings. The van der Waals surface area contributed by atoms with E-state index in [4.69, 9.17) is 10.00 Å². The highest BCUT2D eigenvalue weighted by atomic mass is 16.5. The molecule has 19 heavy (non-hydrogen) atoms. The maximum Gasteiger partial charge on any atom is 0.130 e. The molecule has 3 nitrogen and oxygen atoms in total. The molecule has 0 heterocycles. The minimum atomic E-state index is -0.258. The van der Waals surface area contributed by atoms with Gasteiger partial charge >= 0.3 is 0 Å². The number of hydrogen-bond donors (Lipinski definition) is 1. The predicted octanol–water partition coefficient (Wildman–Crippen LogP) is 3.17. The predicted molar refractivity (Wildman–Crippen MR) is 78.5 cm³/mol. The standard InChI is InChI=1S/C16H24N2O/c1-6-18-14(10-17)11-19-15-8-7-13(9-12(15)2)16(3,4)5/h7-9,14,18H,6,11H2,1-5H3. The molecule has 0 fully saturated rings. The van der Waals surface area contributed by atoms with Crippen LogP contribution in [-0.2, 0) is 5.41 Å². The van der Waals surface area contributed by atoms with Crippen molar-refractivity contribution in [2.24, 2.45) is 0 Å². The van der Waals surface area contributed by atoms with E-state index in [2.05, 4.69) is 44.3 Å². The van der Waals surface area contributed by atoms with Crippen LogP contribution < -0.4 is 10.1 Å². The summed E-state index contributed by atoms with van der Waals surface area (Å²) in [5.74, 6) is 0.853. The van der Waals surface area contributed by atoms with Crippen molar-refractivity contribution < 1.29 is 4.74 Å². The highest BCUT2D eigenvalue weighted by Gasteiger charge is 2.15. The van der Waals surface area contributed by atoms with E-state index >= 15 is 0 Å². The molecule has 0 aromatic heterocycles. The van der Waals surface area contributed by atoms with Crippen LogP contribution in [0.3, 0.4) is 0 Å². The summed E-state index contributed by atoms with van der Waals surface area (Å²) in [6.45, 7) is 11.7. The van der Waals surface area contributed by atoms with Crippen LogP contribution in [0.2, 0.25) is 0 Å². The van der Waals surface area contributed by atoms with Crippen LogP contribution in [0.15, 0.2) is 18.2 Å². The van der Waals surface area contributed by atoms with Gasteiger partial charge in [-0.1, -0.05) is 39.8 Å². The summed E-state index contributed by atoms with van der Waals surface area (Å²) in [4.78, 5) is 0. The molecule has 0 aliphatic carbocycles. The Hall–Kier alpha value is -1.53. The SMILES string of the molecule is CCNC(C#N)COc1ccc(C(C)(C)C)cc1C. The van der Waals surface area contributed by atoms with Crippen LogP contribution >= 0.6 is 0 Å². The van der Waals surface area contributed by atoms with Crippen molar-refractivity contribution in [3.63, 3.8) is 0 Å². The van der Waals surface area contributed by atoms with Gasteiger partial charge in [0.2, 0.25) is 0 Å². The number of nitrogens with zero attached hydrogens (tertiary/aromatic N) is 1. The first-order valence-corrected chi connectivity index (χ1v) is 6.75. The van der Waals surface area contributed by atoms with Gasteiger partial charge in [0.05, 0.1) is 6.07 Å². The fraction of sp³-hybridized carbons (Fsp3) is 0.562. The van der Waals surface area contributed by atoms with Gasteiger partial charge in [0.1, 0.15) is 18.4 Å². The van der Waals surface area contributed by atoms with Gasteiger partial charge in [-0.3, -0.25) is 5.32 Å². The molecule has 0 aliphatic rings. The average Bonchev–Trinajstić information content (AvgIpc) is 2.34. The summed E-state index contributed by atoms with van der Waals surface area (Å²) < 4.78 is 5.73. The lowest BCUT2D eigenvalue weighted by Crippen LogP contribution is -2.33. The van der Waals surface area contributed by atoms with Crippen molar-refractivity contribution in [3.8, 4) is 11.8 Å². The summed E-state index contributed by atoms with van der Waals surface area (Å²) in [7, 11) is 0. The van der Waals surface area contributed by atoms with Gasteiger partial charge in [-0.2, -0.15) is 5.26 Å². The first kappa shape index (κ1) is 15.5. The number of nitriles is 1. The summed E-state index contributed by atoms with van der Waals surface area (Å²) in [5, 5.41) is 12.0. The van der Waals surface area contributed by atoms with Crippen LogP contribution in [0.5, 0.6) is 5.75 Å². The summed E-state index contributed by atoms with van der Waals surface area (Å²) in [6, 6.07) is 8.18. The summed E-state index contributed by atoms with van der Waals surface area (Å²) in [6.07, 6.45) is 0. The average molecular weight is 260 g/mol. The first-order chi connectivity index (χ1) is 8.88. The number of hydrogen-bond acceptors (Lipinski definition) is 3.